The molecule has 4 nitrogen and oxygen atoms in total. The Labute approximate surface area is 135 Å². The molecule has 0 unspecified atom stereocenters. The molecule has 5 heteroatoms. The molecule has 1 N–H and O–H groups in total. The molecule has 1 aliphatic rings. The zero-order chi connectivity index (χ0) is 16.4. The molecule has 1 aliphatic carbocycles. The molecule has 0 amide bonds. The quantitative estimate of drug-likeness (QED) is 0.877. The second kappa shape index (κ2) is 6.01. The minimum Gasteiger partial charge on any atom is -0.478 e. The molecule has 3 rings (SSSR count). The van der Waals surface area contributed by atoms with Gasteiger partial charge in [0.1, 0.15) is 0 Å². The average Bonchev–Trinajstić information content (AvgIpc) is 2.55. The maximum atomic E-state index is 12.7. The highest BCUT2D eigenvalue weighted by molar-refractivity contribution is 7.91. The van der Waals surface area contributed by atoms with Gasteiger partial charge in [-0.15, -0.1) is 0 Å². The number of carboxylic acid groups (broad SMARTS) is 1. The molecular weight excluding hydrogens is 312 g/mol. The van der Waals surface area contributed by atoms with Gasteiger partial charge in [0.05, 0.1) is 9.79 Å². The van der Waals surface area contributed by atoms with Crippen molar-refractivity contribution in [2.24, 2.45) is 0 Å². The van der Waals surface area contributed by atoms with Gasteiger partial charge in [-0.25, -0.2) is 13.2 Å². The zero-order valence-corrected chi connectivity index (χ0v) is 13.2. The summed E-state index contributed by atoms with van der Waals surface area (Å²) in [6, 6.07) is 13.3. The number of carbonyl (C=O) groups is 1. The normalized spacial score (nSPS) is 16.1. The number of allylic oxidation sites excluding steroid dienone is 1. The molecular formula is C18H16O4S. The SMILES string of the molecule is O=C(O)C=C1CCCc2cc(S(=O)(=O)c3ccccc3)ccc21. The van der Waals surface area contributed by atoms with E-state index in [-0.39, 0.29) is 9.79 Å². The van der Waals surface area contributed by atoms with E-state index in [9.17, 15) is 13.2 Å². The van der Waals surface area contributed by atoms with Crippen LogP contribution in [0.5, 0.6) is 0 Å². The van der Waals surface area contributed by atoms with Crippen LogP contribution >= 0.6 is 0 Å². The highest BCUT2D eigenvalue weighted by Crippen LogP contribution is 2.33. The number of rotatable bonds is 3. The van der Waals surface area contributed by atoms with E-state index >= 15 is 0 Å². The van der Waals surface area contributed by atoms with E-state index in [0.29, 0.717) is 6.42 Å². The molecule has 2 aromatic carbocycles. The number of fused-ring (bicyclic) bond motifs is 1. The molecule has 0 saturated heterocycles. The Morgan fingerprint density at radius 1 is 1.00 bits per heavy atom. The van der Waals surface area contributed by atoms with Gasteiger partial charge in [-0.05, 0) is 60.2 Å². The van der Waals surface area contributed by atoms with Crippen LogP contribution in [0, 0.1) is 0 Å². The Bertz CT molecular complexity index is 880. The summed E-state index contributed by atoms with van der Waals surface area (Å²) in [7, 11) is -3.55. The number of hydrogen-bond acceptors (Lipinski definition) is 3. The third kappa shape index (κ3) is 3.05. The molecule has 0 atom stereocenters. The lowest BCUT2D eigenvalue weighted by atomic mass is 9.87. The fraction of sp³-hybridized carbons (Fsp3) is 0.167. The Morgan fingerprint density at radius 2 is 1.74 bits per heavy atom. The number of carboxylic acids is 1. The summed E-state index contributed by atoms with van der Waals surface area (Å²) in [6.45, 7) is 0. The predicted octanol–water partition coefficient (Wildman–Crippen LogP) is 3.32. The molecule has 0 heterocycles. The van der Waals surface area contributed by atoms with Crippen molar-refractivity contribution in [3.8, 4) is 0 Å². The zero-order valence-electron chi connectivity index (χ0n) is 12.4. The summed E-state index contributed by atoms with van der Waals surface area (Å²) in [6.07, 6.45) is 3.48. The molecule has 2 aromatic rings. The van der Waals surface area contributed by atoms with Crippen LogP contribution in [0.1, 0.15) is 24.0 Å². The van der Waals surface area contributed by atoms with Crippen molar-refractivity contribution in [3.05, 3.63) is 65.7 Å². The van der Waals surface area contributed by atoms with E-state index in [1.165, 1.54) is 6.08 Å². The first-order valence-corrected chi connectivity index (χ1v) is 8.84. The molecule has 23 heavy (non-hydrogen) atoms. The van der Waals surface area contributed by atoms with Crippen LogP contribution in [0.2, 0.25) is 0 Å². The third-order valence-electron chi connectivity index (χ3n) is 3.98. The molecule has 118 valence electrons. The molecule has 0 radical (unpaired) electrons. The summed E-state index contributed by atoms with van der Waals surface area (Å²) >= 11 is 0. The smallest absolute Gasteiger partial charge is 0.328 e. The predicted molar refractivity (Wildman–Crippen MR) is 86.9 cm³/mol. The molecule has 0 saturated carbocycles. The van der Waals surface area contributed by atoms with Gasteiger partial charge in [-0.2, -0.15) is 0 Å². The highest BCUT2D eigenvalue weighted by Gasteiger charge is 2.21. The molecule has 0 fully saturated rings. The number of aliphatic carboxylic acids is 1. The van der Waals surface area contributed by atoms with Crippen LogP contribution in [-0.4, -0.2) is 19.5 Å². The van der Waals surface area contributed by atoms with Crippen molar-refractivity contribution in [1.29, 1.82) is 0 Å². The van der Waals surface area contributed by atoms with Gasteiger partial charge in [-0.1, -0.05) is 24.3 Å². The Balaban J connectivity index is 2.07. The van der Waals surface area contributed by atoms with Crippen LogP contribution in [0.4, 0.5) is 0 Å². The monoisotopic (exact) mass is 328 g/mol. The topological polar surface area (TPSA) is 71.4 Å². The largest absolute Gasteiger partial charge is 0.478 e. The lowest BCUT2D eigenvalue weighted by Crippen LogP contribution is -2.07. The van der Waals surface area contributed by atoms with Crippen LogP contribution < -0.4 is 0 Å². The first-order chi connectivity index (χ1) is 11.0. The van der Waals surface area contributed by atoms with Crippen molar-refractivity contribution in [2.45, 2.75) is 29.1 Å². The summed E-state index contributed by atoms with van der Waals surface area (Å²) in [5, 5.41) is 8.95. The summed E-state index contributed by atoms with van der Waals surface area (Å²) in [4.78, 5) is 11.4. The summed E-state index contributed by atoms with van der Waals surface area (Å²) in [5.41, 5.74) is 2.48. The first kappa shape index (κ1) is 15.5. The van der Waals surface area contributed by atoms with E-state index < -0.39 is 15.8 Å². The minimum atomic E-state index is -3.55. The molecule has 0 spiro atoms. The van der Waals surface area contributed by atoms with Gasteiger partial charge in [0.15, 0.2) is 0 Å². The maximum Gasteiger partial charge on any atom is 0.328 e. The van der Waals surface area contributed by atoms with Crippen LogP contribution in [0.25, 0.3) is 5.57 Å². The highest BCUT2D eigenvalue weighted by atomic mass is 32.2. The standard InChI is InChI=1S/C18H16O4S/c19-18(20)12-14-6-4-5-13-11-16(9-10-17(13)14)23(21,22)15-7-2-1-3-8-15/h1-3,7-12H,4-6H2,(H,19,20). The van der Waals surface area contributed by atoms with Gasteiger partial charge < -0.3 is 5.11 Å². The second-order valence-electron chi connectivity index (χ2n) is 5.50. The molecule has 0 aliphatic heterocycles. The number of benzene rings is 2. The Morgan fingerprint density at radius 3 is 2.43 bits per heavy atom. The van der Waals surface area contributed by atoms with Gasteiger partial charge in [0, 0.05) is 6.08 Å². The van der Waals surface area contributed by atoms with Gasteiger partial charge in [0.25, 0.3) is 0 Å². The average molecular weight is 328 g/mol. The van der Waals surface area contributed by atoms with Crippen molar-refractivity contribution in [2.75, 3.05) is 0 Å². The second-order valence-corrected chi connectivity index (χ2v) is 7.45. The van der Waals surface area contributed by atoms with E-state index in [1.807, 2.05) is 0 Å². The lowest BCUT2D eigenvalue weighted by molar-refractivity contribution is -0.131. The third-order valence-corrected chi connectivity index (χ3v) is 5.74. The Hall–Kier alpha value is -2.40. The van der Waals surface area contributed by atoms with E-state index in [4.69, 9.17) is 5.11 Å². The van der Waals surface area contributed by atoms with Crippen LogP contribution in [0.3, 0.4) is 0 Å². The lowest BCUT2D eigenvalue weighted by Gasteiger charge is -2.19. The van der Waals surface area contributed by atoms with Crippen molar-refractivity contribution in [3.63, 3.8) is 0 Å². The fourth-order valence-electron chi connectivity index (χ4n) is 2.90. The van der Waals surface area contributed by atoms with Crippen LogP contribution in [-0.2, 0) is 21.1 Å². The van der Waals surface area contributed by atoms with Gasteiger partial charge in [0.2, 0.25) is 9.84 Å². The summed E-state index contributed by atoms with van der Waals surface area (Å²) < 4.78 is 25.3. The fourth-order valence-corrected chi connectivity index (χ4v) is 4.23. The number of hydrogen-bond donors (Lipinski definition) is 1. The Kier molecular flexibility index (Phi) is 4.05. The maximum absolute atomic E-state index is 12.7. The number of sulfone groups is 1. The molecule has 0 aromatic heterocycles. The van der Waals surface area contributed by atoms with Crippen molar-refractivity contribution in [1.82, 2.24) is 0 Å². The molecule has 0 bridgehead atoms. The minimum absolute atomic E-state index is 0.249. The van der Waals surface area contributed by atoms with Gasteiger partial charge in [-0.3, -0.25) is 0 Å². The number of aryl methyl sites for hydroxylation is 1. The van der Waals surface area contributed by atoms with Gasteiger partial charge >= 0.3 is 5.97 Å². The first-order valence-electron chi connectivity index (χ1n) is 7.35. The summed E-state index contributed by atoms with van der Waals surface area (Å²) in [5.74, 6) is -0.978. The van der Waals surface area contributed by atoms with E-state index in [0.717, 1.165) is 29.5 Å². The van der Waals surface area contributed by atoms with Crippen LogP contribution in [0.15, 0.2) is 64.4 Å². The van der Waals surface area contributed by atoms with E-state index in [1.54, 1.807) is 48.5 Å². The van der Waals surface area contributed by atoms with Crippen molar-refractivity contribution < 1.29 is 18.3 Å². The van der Waals surface area contributed by atoms with Crippen molar-refractivity contribution >= 4 is 21.4 Å². The van der Waals surface area contributed by atoms with E-state index in [2.05, 4.69) is 0 Å².